The van der Waals surface area contributed by atoms with E-state index in [1.54, 1.807) is 7.11 Å². The third-order valence-corrected chi connectivity index (χ3v) is 2.82. The Morgan fingerprint density at radius 2 is 1.88 bits per heavy atom. The Morgan fingerprint density at radius 3 is 2.47 bits per heavy atom. The Labute approximate surface area is 105 Å². The molecule has 0 aliphatic rings. The Balaban J connectivity index is 3.50. The summed E-state index contributed by atoms with van der Waals surface area (Å²) < 4.78 is 10.2. The Kier molecular flexibility index (Phi) is 10.2. The smallest absolute Gasteiger partial charge is 0.322 e. The molecule has 0 rings (SSSR count). The summed E-state index contributed by atoms with van der Waals surface area (Å²) >= 11 is 0. The molecule has 102 valence electrons. The van der Waals surface area contributed by atoms with Crippen LogP contribution in [0.15, 0.2) is 0 Å². The van der Waals surface area contributed by atoms with Crippen LogP contribution in [0.3, 0.4) is 0 Å². The summed E-state index contributed by atoms with van der Waals surface area (Å²) in [4.78, 5) is 11.4. The highest BCUT2D eigenvalue weighted by Crippen LogP contribution is 2.07. The normalized spacial score (nSPS) is 14.4. The number of methoxy groups -OCH3 is 1. The maximum absolute atomic E-state index is 11.4. The number of carbonyl (C=O) groups excluding carboxylic acids is 1. The maximum atomic E-state index is 11.4. The molecular weight excluding hydrogens is 218 g/mol. The average Bonchev–Trinajstić information content (AvgIpc) is 2.34. The predicted molar refractivity (Wildman–Crippen MR) is 68.8 cm³/mol. The van der Waals surface area contributed by atoms with Gasteiger partial charge in [-0.3, -0.25) is 4.79 Å². The lowest BCUT2D eigenvalue weighted by Crippen LogP contribution is -2.32. The van der Waals surface area contributed by atoms with Crippen molar-refractivity contribution in [2.45, 2.75) is 64.5 Å². The van der Waals surface area contributed by atoms with Gasteiger partial charge in [0.15, 0.2) is 0 Å². The molecule has 0 aromatic rings. The zero-order valence-corrected chi connectivity index (χ0v) is 11.4. The van der Waals surface area contributed by atoms with Crippen molar-refractivity contribution in [1.29, 1.82) is 0 Å². The van der Waals surface area contributed by atoms with Crippen molar-refractivity contribution in [1.82, 2.24) is 0 Å². The van der Waals surface area contributed by atoms with Gasteiger partial charge >= 0.3 is 5.97 Å². The Hall–Kier alpha value is -0.610. The molecule has 0 saturated heterocycles. The highest BCUT2D eigenvalue weighted by atomic mass is 16.5. The minimum atomic E-state index is -0.468. The molecule has 0 spiro atoms. The zero-order valence-electron chi connectivity index (χ0n) is 11.4. The minimum absolute atomic E-state index is 0.266. The molecule has 0 radical (unpaired) electrons. The summed E-state index contributed by atoms with van der Waals surface area (Å²) in [7, 11) is 1.71. The average molecular weight is 245 g/mol. The van der Waals surface area contributed by atoms with Gasteiger partial charge in [-0.05, 0) is 26.2 Å². The van der Waals surface area contributed by atoms with E-state index in [0.717, 1.165) is 32.1 Å². The quantitative estimate of drug-likeness (QED) is 0.473. The molecular formula is C13H27NO3. The van der Waals surface area contributed by atoms with Crippen molar-refractivity contribution in [3.8, 4) is 0 Å². The van der Waals surface area contributed by atoms with E-state index in [1.807, 2.05) is 6.92 Å². The summed E-state index contributed by atoms with van der Waals surface area (Å²) in [5, 5.41) is 0. The topological polar surface area (TPSA) is 61.5 Å². The molecule has 0 fully saturated rings. The Bertz CT molecular complexity index is 197. The third-order valence-electron chi connectivity index (χ3n) is 2.82. The van der Waals surface area contributed by atoms with Crippen LogP contribution in [0.5, 0.6) is 0 Å². The van der Waals surface area contributed by atoms with Crippen LogP contribution < -0.4 is 5.73 Å². The number of esters is 1. The maximum Gasteiger partial charge on any atom is 0.322 e. The molecule has 0 aliphatic heterocycles. The standard InChI is InChI=1S/C13H27NO3/c1-4-5-10-17-13(15)12(14)9-7-6-8-11(2)16-3/h11-12H,4-10,14H2,1-3H3/t11-,12-/m0/s1. The second-order valence-corrected chi connectivity index (χ2v) is 4.46. The van der Waals surface area contributed by atoms with Crippen LogP contribution in [0, 0.1) is 0 Å². The van der Waals surface area contributed by atoms with Crippen molar-refractivity contribution in [3.05, 3.63) is 0 Å². The Morgan fingerprint density at radius 1 is 1.24 bits per heavy atom. The number of rotatable bonds is 10. The molecule has 0 aliphatic carbocycles. The van der Waals surface area contributed by atoms with Gasteiger partial charge in [0.25, 0.3) is 0 Å². The summed E-state index contributed by atoms with van der Waals surface area (Å²) in [6.45, 7) is 4.59. The van der Waals surface area contributed by atoms with Gasteiger partial charge in [-0.1, -0.05) is 26.2 Å². The molecule has 0 aromatic carbocycles. The summed E-state index contributed by atoms with van der Waals surface area (Å²) in [6, 6.07) is -0.468. The summed E-state index contributed by atoms with van der Waals surface area (Å²) in [5.41, 5.74) is 5.74. The monoisotopic (exact) mass is 245 g/mol. The number of unbranched alkanes of at least 4 members (excludes halogenated alkanes) is 2. The fraction of sp³-hybridized carbons (Fsp3) is 0.923. The van der Waals surface area contributed by atoms with Gasteiger partial charge in [0.1, 0.15) is 6.04 Å². The lowest BCUT2D eigenvalue weighted by atomic mass is 10.1. The van der Waals surface area contributed by atoms with E-state index < -0.39 is 6.04 Å². The van der Waals surface area contributed by atoms with Crippen molar-refractivity contribution in [3.63, 3.8) is 0 Å². The van der Waals surface area contributed by atoms with Crippen molar-refractivity contribution in [2.24, 2.45) is 5.73 Å². The lowest BCUT2D eigenvalue weighted by Gasteiger charge is -2.12. The number of ether oxygens (including phenoxy) is 2. The van der Waals surface area contributed by atoms with E-state index in [9.17, 15) is 4.79 Å². The second kappa shape index (κ2) is 10.5. The van der Waals surface area contributed by atoms with Gasteiger partial charge in [0.2, 0.25) is 0 Å². The summed E-state index contributed by atoms with van der Waals surface area (Å²) in [5.74, 6) is -0.266. The van der Waals surface area contributed by atoms with Gasteiger partial charge in [0, 0.05) is 7.11 Å². The summed E-state index contributed by atoms with van der Waals surface area (Å²) in [6.07, 6.45) is 5.89. The second-order valence-electron chi connectivity index (χ2n) is 4.46. The fourth-order valence-electron chi connectivity index (χ4n) is 1.46. The van der Waals surface area contributed by atoms with Gasteiger partial charge in [-0.25, -0.2) is 0 Å². The molecule has 0 amide bonds. The van der Waals surface area contributed by atoms with Crippen LogP contribution in [0.4, 0.5) is 0 Å². The molecule has 0 unspecified atom stereocenters. The van der Waals surface area contributed by atoms with Crippen LogP contribution in [-0.2, 0) is 14.3 Å². The molecule has 17 heavy (non-hydrogen) atoms. The van der Waals surface area contributed by atoms with Gasteiger partial charge in [0.05, 0.1) is 12.7 Å². The van der Waals surface area contributed by atoms with E-state index in [1.165, 1.54) is 0 Å². The molecule has 0 bridgehead atoms. The van der Waals surface area contributed by atoms with E-state index >= 15 is 0 Å². The van der Waals surface area contributed by atoms with Gasteiger partial charge in [-0.15, -0.1) is 0 Å². The minimum Gasteiger partial charge on any atom is -0.465 e. The van der Waals surface area contributed by atoms with E-state index in [0.29, 0.717) is 13.0 Å². The third kappa shape index (κ3) is 9.12. The lowest BCUT2D eigenvalue weighted by molar-refractivity contribution is -0.145. The first-order valence-electron chi connectivity index (χ1n) is 6.56. The molecule has 2 N–H and O–H groups in total. The molecule has 0 heterocycles. The molecule has 4 nitrogen and oxygen atoms in total. The van der Waals surface area contributed by atoms with Crippen molar-refractivity contribution in [2.75, 3.05) is 13.7 Å². The van der Waals surface area contributed by atoms with Crippen LogP contribution in [-0.4, -0.2) is 31.8 Å². The highest BCUT2D eigenvalue weighted by Gasteiger charge is 2.14. The molecule has 2 atom stereocenters. The number of hydrogen-bond acceptors (Lipinski definition) is 4. The van der Waals surface area contributed by atoms with E-state index in [2.05, 4.69) is 6.92 Å². The number of nitrogens with two attached hydrogens (primary N) is 1. The first-order chi connectivity index (χ1) is 8.11. The van der Waals surface area contributed by atoms with Gasteiger partial charge < -0.3 is 15.2 Å². The number of carbonyl (C=O) groups is 1. The van der Waals surface area contributed by atoms with Crippen molar-refractivity contribution >= 4 is 5.97 Å². The molecule has 0 aromatic heterocycles. The molecule has 4 heteroatoms. The first kappa shape index (κ1) is 16.4. The van der Waals surface area contributed by atoms with Crippen LogP contribution >= 0.6 is 0 Å². The molecule has 0 saturated carbocycles. The van der Waals surface area contributed by atoms with Crippen LogP contribution in [0.1, 0.15) is 52.4 Å². The SMILES string of the molecule is CCCCOC(=O)[C@@H](N)CCCC[C@H](C)OC. The fourth-order valence-corrected chi connectivity index (χ4v) is 1.46. The van der Waals surface area contributed by atoms with E-state index in [4.69, 9.17) is 15.2 Å². The van der Waals surface area contributed by atoms with Crippen LogP contribution in [0.25, 0.3) is 0 Å². The van der Waals surface area contributed by atoms with Crippen LogP contribution in [0.2, 0.25) is 0 Å². The first-order valence-corrected chi connectivity index (χ1v) is 6.56. The predicted octanol–water partition coefficient (Wildman–Crippen LogP) is 2.25. The van der Waals surface area contributed by atoms with E-state index in [-0.39, 0.29) is 12.1 Å². The highest BCUT2D eigenvalue weighted by molar-refractivity contribution is 5.75. The largest absolute Gasteiger partial charge is 0.465 e. The zero-order chi connectivity index (χ0) is 13.1. The number of hydrogen-bond donors (Lipinski definition) is 1. The van der Waals surface area contributed by atoms with Crippen molar-refractivity contribution < 1.29 is 14.3 Å². The van der Waals surface area contributed by atoms with Gasteiger partial charge in [-0.2, -0.15) is 0 Å².